The van der Waals surface area contributed by atoms with E-state index in [0.29, 0.717) is 12.1 Å². The highest BCUT2D eigenvalue weighted by molar-refractivity contribution is 5.26. The molecule has 2 unspecified atom stereocenters. The van der Waals surface area contributed by atoms with Gasteiger partial charge in [0, 0.05) is 43.6 Å². The summed E-state index contributed by atoms with van der Waals surface area (Å²) in [4.78, 5) is 2.61. The molecule has 2 aliphatic rings. The number of aromatic nitrogens is 1. The summed E-state index contributed by atoms with van der Waals surface area (Å²) in [6.07, 6.45) is 3.02. The molecule has 1 aromatic heterocycles. The van der Waals surface area contributed by atoms with Crippen LogP contribution in [0.25, 0.3) is 0 Å². The van der Waals surface area contributed by atoms with E-state index in [0.717, 1.165) is 32.8 Å². The average molecular weight is 291 g/mol. The van der Waals surface area contributed by atoms with Gasteiger partial charge >= 0.3 is 0 Å². The molecule has 118 valence electrons. The third kappa shape index (κ3) is 3.17. The van der Waals surface area contributed by atoms with Crippen LogP contribution in [-0.4, -0.2) is 47.9 Å². The molecule has 0 aliphatic carbocycles. The fraction of sp³-hybridized carbons (Fsp3) is 0.765. The third-order valence-corrected chi connectivity index (χ3v) is 5.14. The zero-order valence-corrected chi connectivity index (χ0v) is 13.7. The number of hydrogen-bond donors (Lipinski definition) is 1. The van der Waals surface area contributed by atoms with Gasteiger partial charge in [0.25, 0.3) is 0 Å². The SMILES string of the molecule is CCn1c(C)cc(CNCC2CN3CCCC3CO2)c1C. The summed E-state index contributed by atoms with van der Waals surface area (Å²) in [5.74, 6) is 0. The Bertz CT molecular complexity index is 483. The molecule has 3 rings (SSSR count). The fourth-order valence-corrected chi connectivity index (χ4v) is 3.91. The number of fused-ring (bicyclic) bond motifs is 1. The van der Waals surface area contributed by atoms with Crippen molar-refractivity contribution in [2.24, 2.45) is 0 Å². The first kappa shape index (κ1) is 15.1. The van der Waals surface area contributed by atoms with Gasteiger partial charge < -0.3 is 14.6 Å². The zero-order valence-electron chi connectivity index (χ0n) is 13.7. The van der Waals surface area contributed by atoms with Crippen LogP contribution in [-0.2, 0) is 17.8 Å². The molecule has 1 N–H and O–H groups in total. The Kier molecular flexibility index (Phi) is 4.67. The molecule has 2 atom stereocenters. The van der Waals surface area contributed by atoms with Gasteiger partial charge in [0.05, 0.1) is 12.7 Å². The van der Waals surface area contributed by atoms with E-state index in [1.165, 1.54) is 36.3 Å². The molecule has 2 saturated heterocycles. The van der Waals surface area contributed by atoms with Crippen LogP contribution in [0.15, 0.2) is 6.07 Å². The van der Waals surface area contributed by atoms with E-state index in [1.54, 1.807) is 0 Å². The molecular formula is C17H29N3O. The molecule has 3 heterocycles. The van der Waals surface area contributed by atoms with E-state index in [1.807, 2.05) is 0 Å². The second kappa shape index (κ2) is 6.51. The standard InChI is InChI=1S/C17H29N3O/c1-4-20-13(2)8-15(14(20)3)9-18-10-17-11-19-7-5-6-16(19)12-21-17/h8,16-18H,4-7,9-12H2,1-3H3. The topological polar surface area (TPSA) is 29.4 Å². The predicted molar refractivity (Wildman–Crippen MR) is 85.6 cm³/mol. The minimum Gasteiger partial charge on any atom is -0.374 e. The normalized spacial score (nSPS) is 26.2. The lowest BCUT2D eigenvalue weighted by molar-refractivity contribution is -0.0470. The molecule has 4 heteroatoms. The van der Waals surface area contributed by atoms with Crippen LogP contribution in [0.2, 0.25) is 0 Å². The molecule has 4 nitrogen and oxygen atoms in total. The van der Waals surface area contributed by atoms with Crippen molar-refractivity contribution in [2.45, 2.75) is 58.8 Å². The maximum atomic E-state index is 6.00. The molecule has 0 radical (unpaired) electrons. The Morgan fingerprint density at radius 1 is 1.38 bits per heavy atom. The zero-order chi connectivity index (χ0) is 14.8. The first-order valence-electron chi connectivity index (χ1n) is 8.41. The summed E-state index contributed by atoms with van der Waals surface area (Å²) >= 11 is 0. The van der Waals surface area contributed by atoms with Crippen LogP contribution in [0.1, 0.15) is 36.7 Å². The minimum atomic E-state index is 0.356. The highest BCUT2D eigenvalue weighted by Crippen LogP contribution is 2.22. The van der Waals surface area contributed by atoms with Gasteiger partial charge in [-0.2, -0.15) is 0 Å². The molecule has 2 fully saturated rings. The molecule has 1 aromatic rings. The van der Waals surface area contributed by atoms with E-state index in [9.17, 15) is 0 Å². The van der Waals surface area contributed by atoms with Crippen molar-refractivity contribution in [3.05, 3.63) is 23.0 Å². The van der Waals surface area contributed by atoms with Gasteiger partial charge in [-0.05, 0) is 51.8 Å². The first-order valence-corrected chi connectivity index (χ1v) is 8.41. The summed E-state index contributed by atoms with van der Waals surface area (Å²) in [7, 11) is 0. The monoisotopic (exact) mass is 291 g/mol. The summed E-state index contributed by atoms with van der Waals surface area (Å²) in [5, 5.41) is 3.59. The second-order valence-corrected chi connectivity index (χ2v) is 6.52. The number of morpholine rings is 1. The van der Waals surface area contributed by atoms with Crippen LogP contribution in [0.3, 0.4) is 0 Å². The van der Waals surface area contributed by atoms with Crippen LogP contribution < -0.4 is 5.32 Å². The van der Waals surface area contributed by atoms with E-state index in [2.05, 4.69) is 41.6 Å². The highest BCUT2D eigenvalue weighted by Gasteiger charge is 2.31. The fourth-order valence-electron chi connectivity index (χ4n) is 3.91. The van der Waals surface area contributed by atoms with Gasteiger partial charge in [-0.15, -0.1) is 0 Å². The molecular weight excluding hydrogens is 262 g/mol. The van der Waals surface area contributed by atoms with Crippen LogP contribution in [0.4, 0.5) is 0 Å². The maximum Gasteiger partial charge on any atom is 0.0827 e. The van der Waals surface area contributed by atoms with Crippen LogP contribution in [0.5, 0.6) is 0 Å². The smallest absolute Gasteiger partial charge is 0.0827 e. The number of hydrogen-bond acceptors (Lipinski definition) is 3. The quantitative estimate of drug-likeness (QED) is 0.900. The van der Waals surface area contributed by atoms with Crippen LogP contribution in [0, 0.1) is 13.8 Å². The minimum absolute atomic E-state index is 0.356. The Labute approximate surface area is 128 Å². The predicted octanol–water partition coefficient (Wildman–Crippen LogP) is 2.08. The molecule has 21 heavy (non-hydrogen) atoms. The molecule has 0 bridgehead atoms. The third-order valence-electron chi connectivity index (χ3n) is 5.14. The Morgan fingerprint density at radius 2 is 2.24 bits per heavy atom. The Morgan fingerprint density at radius 3 is 3.00 bits per heavy atom. The van der Waals surface area contributed by atoms with E-state index in [-0.39, 0.29) is 0 Å². The summed E-state index contributed by atoms with van der Waals surface area (Å²) in [6.45, 7) is 12.9. The van der Waals surface area contributed by atoms with Gasteiger partial charge in [0.15, 0.2) is 0 Å². The number of nitrogens with one attached hydrogen (secondary N) is 1. The molecule has 0 saturated carbocycles. The van der Waals surface area contributed by atoms with E-state index >= 15 is 0 Å². The molecule has 2 aliphatic heterocycles. The number of rotatable bonds is 5. The lowest BCUT2D eigenvalue weighted by atomic mass is 10.2. The summed E-state index contributed by atoms with van der Waals surface area (Å²) < 4.78 is 8.38. The van der Waals surface area contributed by atoms with E-state index in [4.69, 9.17) is 4.74 Å². The van der Waals surface area contributed by atoms with Gasteiger partial charge in [-0.1, -0.05) is 0 Å². The van der Waals surface area contributed by atoms with Crippen molar-refractivity contribution >= 4 is 0 Å². The van der Waals surface area contributed by atoms with Crippen molar-refractivity contribution in [3.63, 3.8) is 0 Å². The molecule has 0 aromatic carbocycles. The highest BCUT2D eigenvalue weighted by atomic mass is 16.5. The van der Waals surface area contributed by atoms with Crippen molar-refractivity contribution in [1.29, 1.82) is 0 Å². The number of ether oxygens (including phenoxy) is 1. The second-order valence-electron chi connectivity index (χ2n) is 6.52. The summed E-state index contributed by atoms with van der Waals surface area (Å²) in [5.41, 5.74) is 4.18. The van der Waals surface area contributed by atoms with Gasteiger partial charge in [0.2, 0.25) is 0 Å². The lowest BCUT2D eigenvalue weighted by Gasteiger charge is -2.35. The van der Waals surface area contributed by atoms with Gasteiger partial charge in [-0.25, -0.2) is 0 Å². The molecule has 0 amide bonds. The van der Waals surface area contributed by atoms with Gasteiger partial charge in [0.1, 0.15) is 0 Å². The lowest BCUT2D eigenvalue weighted by Crippen LogP contribution is -2.49. The Balaban J connectivity index is 1.48. The van der Waals surface area contributed by atoms with Crippen LogP contribution >= 0.6 is 0 Å². The number of nitrogens with zero attached hydrogens (tertiary/aromatic N) is 2. The van der Waals surface area contributed by atoms with Crippen molar-refractivity contribution < 1.29 is 4.74 Å². The largest absolute Gasteiger partial charge is 0.374 e. The van der Waals surface area contributed by atoms with Crippen molar-refractivity contribution in [2.75, 3.05) is 26.2 Å². The molecule has 0 spiro atoms. The van der Waals surface area contributed by atoms with Crippen molar-refractivity contribution in [3.8, 4) is 0 Å². The van der Waals surface area contributed by atoms with Gasteiger partial charge in [-0.3, -0.25) is 4.90 Å². The van der Waals surface area contributed by atoms with Crippen molar-refractivity contribution in [1.82, 2.24) is 14.8 Å². The maximum absolute atomic E-state index is 6.00. The first-order chi connectivity index (χ1) is 10.2. The Hall–Kier alpha value is -0.840. The van der Waals surface area contributed by atoms with E-state index < -0.39 is 0 Å². The summed E-state index contributed by atoms with van der Waals surface area (Å²) in [6, 6.07) is 3.01. The average Bonchev–Trinajstić information content (AvgIpc) is 3.03. The number of aryl methyl sites for hydroxylation is 1.